The molecule has 0 fully saturated rings. The second-order valence-corrected chi connectivity index (χ2v) is 3.27. The number of carbonyl (C=O) groups is 1. The van der Waals surface area contributed by atoms with Gasteiger partial charge >= 0.3 is 0 Å². The van der Waals surface area contributed by atoms with Gasteiger partial charge in [-0.25, -0.2) is 0 Å². The molecule has 0 rings (SSSR count). The lowest BCUT2D eigenvalue weighted by Crippen LogP contribution is -2.07. The Balaban J connectivity index is 3.65. The highest BCUT2D eigenvalue weighted by Gasteiger charge is 2.02. The molecular formula is C10H18O2. The normalized spacial score (nSPS) is 12.3. The maximum Gasteiger partial charge on any atom is 0.155 e. The van der Waals surface area contributed by atoms with Crippen molar-refractivity contribution in [3.05, 3.63) is 11.6 Å². The van der Waals surface area contributed by atoms with Gasteiger partial charge in [0.05, 0.1) is 6.10 Å². The molecule has 0 heterocycles. The zero-order valence-electron chi connectivity index (χ0n) is 8.39. The van der Waals surface area contributed by atoms with E-state index in [9.17, 15) is 4.79 Å². The van der Waals surface area contributed by atoms with Crippen LogP contribution < -0.4 is 0 Å². The maximum atomic E-state index is 11.1. The first kappa shape index (κ1) is 11.4. The summed E-state index contributed by atoms with van der Waals surface area (Å²) in [6.45, 7) is 5.82. The van der Waals surface area contributed by atoms with Crippen molar-refractivity contribution in [2.75, 3.05) is 7.11 Å². The van der Waals surface area contributed by atoms with E-state index in [-0.39, 0.29) is 11.9 Å². The molecule has 0 aliphatic rings. The number of hydrogen-bond donors (Lipinski definition) is 0. The van der Waals surface area contributed by atoms with Gasteiger partial charge in [0.15, 0.2) is 5.78 Å². The van der Waals surface area contributed by atoms with E-state index in [1.807, 2.05) is 20.8 Å². The van der Waals surface area contributed by atoms with Gasteiger partial charge in [0.2, 0.25) is 0 Å². The van der Waals surface area contributed by atoms with Crippen LogP contribution in [0.15, 0.2) is 11.6 Å². The second kappa shape index (κ2) is 5.95. The summed E-state index contributed by atoms with van der Waals surface area (Å²) in [5.74, 6) is 0.193. The molecule has 0 aromatic carbocycles. The first-order valence-electron chi connectivity index (χ1n) is 4.26. The zero-order chi connectivity index (χ0) is 9.56. The van der Waals surface area contributed by atoms with Crippen LogP contribution in [0.4, 0.5) is 0 Å². The lowest BCUT2D eigenvalue weighted by molar-refractivity contribution is -0.115. The van der Waals surface area contributed by atoms with Gasteiger partial charge in [0.1, 0.15) is 0 Å². The van der Waals surface area contributed by atoms with Gasteiger partial charge in [-0.1, -0.05) is 5.57 Å². The second-order valence-electron chi connectivity index (χ2n) is 3.27. The van der Waals surface area contributed by atoms with Crippen molar-refractivity contribution in [2.45, 2.75) is 39.7 Å². The Hall–Kier alpha value is -0.630. The SMILES string of the molecule is COC(C)CCC(=O)C=C(C)C. The highest BCUT2D eigenvalue weighted by atomic mass is 16.5. The number of ketones is 1. The largest absolute Gasteiger partial charge is 0.382 e. The first-order valence-corrected chi connectivity index (χ1v) is 4.26. The van der Waals surface area contributed by atoms with E-state index >= 15 is 0 Å². The topological polar surface area (TPSA) is 26.3 Å². The number of methoxy groups -OCH3 is 1. The summed E-state index contributed by atoms with van der Waals surface area (Å²) in [7, 11) is 1.66. The molecule has 0 saturated carbocycles. The Morgan fingerprint density at radius 3 is 2.50 bits per heavy atom. The van der Waals surface area contributed by atoms with E-state index < -0.39 is 0 Å². The molecule has 0 N–H and O–H groups in total. The van der Waals surface area contributed by atoms with E-state index in [1.54, 1.807) is 13.2 Å². The molecule has 0 saturated heterocycles. The van der Waals surface area contributed by atoms with Gasteiger partial charge in [-0.3, -0.25) is 4.79 Å². The minimum absolute atomic E-state index is 0.180. The molecule has 1 unspecified atom stereocenters. The molecule has 12 heavy (non-hydrogen) atoms. The van der Waals surface area contributed by atoms with Crippen LogP contribution in [-0.2, 0) is 9.53 Å². The van der Waals surface area contributed by atoms with Crippen molar-refractivity contribution in [1.29, 1.82) is 0 Å². The van der Waals surface area contributed by atoms with Crippen LogP contribution in [0.3, 0.4) is 0 Å². The molecule has 1 atom stereocenters. The summed E-state index contributed by atoms with van der Waals surface area (Å²) < 4.78 is 5.03. The number of ether oxygens (including phenoxy) is 1. The average molecular weight is 170 g/mol. The smallest absolute Gasteiger partial charge is 0.155 e. The Labute approximate surface area is 74.6 Å². The third-order valence-electron chi connectivity index (χ3n) is 1.65. The van der Waals surface area contributed by atoms with Crippen LogP contribution in [-0.4, -0.2) is 19.0 Å². The van der Waals surface area contributed by atoms with E-state index in [4.69, 9.17) is 4.74 Å². The summed E-state index contributed by atoms with van der Waals surface area (Å²) in [5, 5.41) is 0. The van der Waals surface area contributed by atoms with Crippen molar-refractivity contribution in [3.8, 4) is 0 Å². The minimum Gasteiger partial charge on any atom is -0.382 e. The van der Waals surface area contributed by atoms with E-state index in [2.05, 4.69) is 0 Å². The monoisotopic (exact) mass is 170 g/mol. The van der Waals surface area contributed by atoms with Gasteiger partial charge in [-0.05, 0) is 33.3 Å². The molecule has 0 bridgehead atoms. The molecule has 0 aromatic heterocycles. The summed E-state index contributed by atoms with van der Waals surface area (Å²) in [4.78, 5) is 11.1. The van der Waals surface area contributed by atoms with Crippen LogP contribution >= 0.6 is 0 Å². The van der Waals surface area contributed by atoms with Crippen molar-refractivity contribution in [3.63, 3.8) is 0 Å². The third kappa shape index (κ3) is 6.10. The van der Waals surface area contributed by atoms with Gasteiger partial charge in [-0.15, -0.1) is 0 Å². The summed E-state index contributed by atoms with van der Waals surface area (Å²) in [6, 6.07) is 0. The molecule has 0 aliphatic carbocycles. The summed E-state index contributed by atoms with van der Waals surface area (Å²) in [5.41, 5.74) is 1.06. The molecule has 0 spiro atoms. The lowest BCUT2D eigenvalue weighted by atomic mass is 10.1. The van der Waals surface area contributed by atoms with Crippen LogP contribution in [0.1, 0.15) is 33.6 Å². The Bertz CT molecular complexity index is 167. The van der Waals surface area contributed by atoms with E-state index in [0.29, 0.717) is 6.42 Å². The quantitative estimate of drug-likeness (QED) is 0.592. The molecule has 0 amide bonds. The fraction of sp³-hybridized carbons (Fsp3) is 0.700. The standard InChI is InChI=1S/C10H18O2/c1-8(2)7-10(11)6-5-9(3)12-4/h7,9H,5-6H2,1-4H3. The highest BCUT2D eigenvalue weighted by Crippen LogP contribution is 2.02. The van der Waals surface area contributed by atoms with E-state index in [0.717, 1.165) is 12.0 Å². The molecular weight excluding hydrogens is 152 g/mol. The maximum absolute atomic E-state index is 11.1. The van der Waals surface area contributed by atoms with Crippen LogP contribution in [0.25, 0.3) is 0 Å². The van der Waals surface area contributed by atoms with E-state index in [1.165, 1.54) is 0 Å². The van der Waals surface area contributed by atoms with Crippen molar-refractivity contribution in [2.24, 2.45) is 0 Å². The third-order valence-corrected chi connectivity index (χ3v) is 1.65. The Morgan fingerprint density at radius 1 is 1.50 bits per heavy atom. The first-order chi connectivity index (χ1) is 5.56. The fourth-order valence-electron chi connectivity index (χ4n) is 0.858. The van der Waals surface area contributed by atoms with Crippen LogP contribution in [0.2, 0.25) is 0 Å². The van der Waals surface area contributed by atoms with Gasteiger partial charge < -0.3 is 4.74 Å². The van der Waals surface area contributed by atoms with Gasteiger partial charge in [0, 0.05) is 13.5 Å². The molecule has 0 aromatic rings. The highest BCUT2D eigenvalue weighted by molar-refractivity contribution is 5.90. The van der Waals surface area contributed by atoms with Crippen LogP contribution in [0.5, 0.6) is 0 Å². The molecule has 2 heteroatoms. The van der Waals surface area contributed by atoms with Crippen LogP contribution in [0, 0.1) is 0 Å². The predicted octanol–water partition coefficient (Wildman–Crippen LogP) is 2.34. The number of hydrogen-bond acceptors (Lipinski definition) is 2. The number of rotatable bonds is 5. The fourth-order valence-corrected chi connectivity index (χ4v) is 0.858. The van der Waals surface area contributed by atoms with Gasteiger partial charge in [-0.2, -0.15) is 0 Å². The number of allylic oxidation sites excluding steroid dienone is 2. The average Bonchev–Trinajstić information content (AvgIpc) is 1.99. The summed E-state index contributed by atoms with van der Waals surface area (Å²) in [6.07, 6.45) is 3.25. The van der Waals surface area contributed by atoms with Gasteiger partial charge in [0.25, 0.3) is 0 Å². The lowest BCUT2D eigenvalue weighted by Gasteiger charge is -2.06. The van der Waals surface area contributed by atoms with Crippen molar-refractivity contribution >= 4 is 5.78 Å². The molecule has 2 nitrogen and oxygen atoms in total. The molecule has 0 radical (unpaired) electrons. The summed E-state index contributed by atoms with van der Waals surface area (Å²) >= 11 is 0. The zero-order valence-corrected chi connectivity index (χ0v) is 8.39. The minimum atomic E-state index is 0.180. The molecule has 0 aliphatic heterocycles. The van der Waals surface area contributed by atoms with Crippen molar-refractivity contribution in [1.82, 2.24) is 0 Å². The molecule has 70 valence electrons. The predicted molar refractivity (Wildman–Crippen MR) is 50.1 cm³/mol. The Kier molecular flexibility index (Phi) is 5.64. The van der Waals surface area contributed by atoms with Crippen molar-refractivity contribution < 1.29 is 9.53 Å². The Morgan fingerprint density at radius 2 is 2.08 bits per heavy atom. The number of carbonyl (C=O) groups excluding carboxylic acids is 1.